The average Bonchev–Trinajstić information content (AvgIpc) is 3.74. The van der Waals surface area contributed by atoms with Crippen molar-refractivity contribution in [1.82, 2.24) is 24.8 Å². The zero-order chi connectivity index (χ0) is 27.7. The fraction of sp³-hybridized carbons (Fsp3) is 0.500. The first-order valence-electron chi connectivity index (χ1n) is 13.6. The van der Waals surface area contributed by atoms with E-state index < -0.39 is 17.8 Å². The third kappa shape index (κ3) is 5.57. The van der Waals surface area contributed by atoms with Crippen molar-refractivity contribution >= 4 is 11.9 Å². The molecule has 11 nitrogen and oxygen atoms in total. The van der Waals surface area contributed by atoms with Crippen molar-refractivity contribution in [3.8, 4) is 22.6 Å². The van der Waals surface area contributed by atoms with Crippen LogP contribution in [0.4, 0.5) is 10.3 Å². The Balaban J connectivity index is 1.23. The molecule has 3 aromatic rings. The van der Waals surface area contributed by atoms with E-state index in [-0.39, 0.29) is 31.0 Å². The number of aromatic amines is 1. The number of halogens is 1. The number of imidazole rings is 1. The van der Waals surface area contributed by atoms with E-state index in [0.717, 1.165) is 19.4 Å². The van der Waals surface area contributed by atoms with Crippen LogP contribution in [0.25, 0.3) is 22.6 Å². The second-order valence-electron chi connectivity index (χ2n) is 10.8. The quantitative estimate of drug-likeness (QED) is 0.404. The van der Waals surface area contributed by atoms with E-state index in [4.69, 9.17) is 19.2 Å². The van der Waals surface area contributed by atoms with E-state index in [1.54, 1.807) is 36.2 Å². The SMILES string of the molecule is CC1(C(=O)N2CCC(O)C2)COC(c2nc(-c3ccc(F)cc3)c(-c3ccnc(NCC4CCCO4)n3)[nH]2)OC1. The third-order valence-electron chi connectivity index (χ3n) is 7.56. The Bertz CT molecular complexity index is 1340. The van der Waals surface area contributed by atoms with Crippen molar-refractivity contribution in [1.29, 1.82) is 0 Å². The molecule has 3 N–H and O–H groups in total. The van der Waals surface area contributed by atoms with Gasteiger partial charge in [-0.15, -0.1) is 0 Å². The highest BCUT2D eigenvalue weighted by Gasteiger charge is 2.44. The topological polar surface area (TPSA) is 135 Å². The number of rotatable bonds is 7. The number of carbonyl (C=O) groups is 1. The van der Waals surface area contributed by atoms with Gasteiger partial charge in [-0.1, -0.05) is 0 Å². The minimum atomic E-state index is -0.869. The lowest BCUT2D eigenvalue weighted by atomic mass is 9.90. The summed E-state index contributed by atoms with van der Waals surface area (Å²) in [6.07, 6.45) is 3.08. The third-order valence-corrected chi connectivity index (χ3v) is 7.56. The zero-order valence-electron chi connectivity index (χ0n) is 22.3. The van der Waals surface area contributed by atoms with Crippen LogP contribution in [0.15, 0.2) is 36.5 Å². The van der Waals surface area contributed by atoms with Crippen LogP contribution in [0.3, 0.4) is 0 Å². The summed E-state index contributed by atoms with van der Waals surface area (Å²) in [6.45, 7) is 4.30. The van der Waals surface area contributed by atoms with Crippen LogP contribution < -0.4 is 5.32 Å². The summed E-state index contributed by atoms with van der Waals surface area (Å²) in [5.74, 6) is 0.421. The molecule has 5 heterocycles. The van der Waals surface area contributed by atoms with E-state index in [2.05, 4.69) is 20.3 Å². The minimum absolute atomic E-state index is 0.0985. The lowest BCUT2D eigenvalue weighted by molar-refractivity contribution is -0.234. The van der Waals surface area contributed by atoms with Gasteiger partial charge in [0.05, 0.1) is 47.9 Å². The normalized spacial score (nSPS) is 26.8. The van der Waals surface area contributed by atoms with Crippen LogP contribution in [0.2, 0.25) is 0 Å². The number of amides is 1. The summed E-state index contributed by atoms with van der Waals surface area (Å²) in [6, 6.07) is 7.83. The highest BCUT2D eigenvalue weighted by Crippen LogP contribution is 2.36. The zero-order valence-corrected chi connectivity index (χ0v) is 22.3. The molecule has 3 aliphatic rings. The van der Waals surface area contributed by atoms with Crippen molar-refractivity contribution in [2.24, 2.45) is 5.41 Å². The fourth-order valence-corrected chi connectivity index (χ4v) is 5.30. The maximum atomic E-state index is 13.7. The molecule has 2 unspecified atom stereocenters. The van der Waals surface area contributed by atoms with Gasteiger partial charge in [0.1, 0.15) is 5.82 Å². The summed E-state index contributed by atoms with van der Waals surface area (Å²) in [5.41, 5.74) is 1.57. The predicted molar refractivity (Wildman–Crippen MR) is 142 cm³/mol. The minimum Gasteiger partial charge on any atom is -0.391 e. The van der Waals surface area contributed by atoms with Crippen molar-refractivity contribution < 1.29 is 28.5 Å². The number of aromatic nitrogens is 4. The number of nitrogens with zero attached hydrogens (tertiary/aromatic N) is 4. The number of aliphatic hydroxyl groups is 1. The first-order valence-corrected chi connectivity index (χ1v) is 13.6. The number of hydrogen-bond acceptors (Lipinski definition) is 9. The van der Waals surface area contributed by atoms with E-state index >= 15 is 0 Å². The summed E-state index contributed by atoms with van der Waals surface area (Å²) in [4.78, 5) is 31.9. The van der Waals surface area contributed by atoms with Crippen LogP contribution in [0.5, 0.6) is 0 Å². The highest BCUT2D eigenvalue weighted by atomic mass is 19.1. The summed E-state index contributed by atoms with van der Waals surface area (Å²) in [7, 11) is 0. The van der Waals surface area contributed by atoms with Gasteiger partial charge in [-0.25, -0.2) is 19.3 Å². The van der Waals surface area contributed by atoms with Crippen molar-refractivity contribution in [3.63, 3.8) is 0 Å². The Morgan fingerprint density at radius 3 is 2.67 bits per heavy atom. The monoisotopic (exact) mass is 552 g/mol. The Hall–Kier alpha value is -3.45. The molecule has 1 aromatic carbocycles. The lowest BCUT2D eigenvalue weighted by Crippen LogP contribution is -2.49. The number of carbonyl (C=O) groups excluding carboxylic acids is 1. The molecular formula is C28H33FN6O5. The Labute approximate surface area is 231 Å². The number of hydrogen-bond donors (Lipinski definition) is 3. The number of likely N-dealkylation sites (tertiary alicyclic amines) is 1. The first kappa shape index (κ1) is 26.8. The number of anilines is 1. The Morgan fingerprint density at radius 1 is 1.18 bits per heavy atom. The van der Waals surface area contributed by atoms with Gasteiger partial charge in [-0.3, -0.25) is 4.79 Å². The molecule has 3 saturated heterocycles. The molecule has 40 heavy (non-hydrogen) atoms. The van der Waals surface area contributed by atoms with Gasteiger partial charge >= 0.3 is 0 Å². The van der Waals surface area contributed by atoms with Crippen LogP contribution in [-0.2, 0) is 19.0 Å². The highest BCUT2D eigenvalue weighted by molar-refractivity contribution is 5.83. The second kappa shape index (κ2) is 11.2. The number of β-amino-alcohol motifs (C(OH)–C–C–N with tert-alkyl or cyclic N) is 1. The summed E-state index contributed by atoms with van der Waals surface area (Å²) in [5, 5.41) is 13.1. The number of benzene rings is 1. The van der Waals surface area contributed by atoms with Crippen molar-refractivity contribution in [2.45, 2.75) is 44.7 Å². The van der Waals surface area contributed by atoms with Gasteiger partial charge in [0.25, 0.3) is 0 Å². The van der Waals surface area contributed by atoms with Gasteiger partial charge in [-0.2, -0.15) is 0 Å². The summed E-state index contributed by atoms with van der Waals surface area (Å²) >= 11 is 0. The molecular weight excluding hydrogens is 519 g/mol. The molecule has 0 saturated carbocycles. The molecule has 1 amide bonds. The van der Waals surface area contributed by atoms with Gasteiger partial charge in [0.15, 0.2) is 5.82 Å². The molecule has 2 atom stereocenters. The number of aliphatic hydroxyl groups excluding tert-OH is 1. The summed E-state index contributed by atoms with van der Waals surface area (Å²) < 4.78 is 31.4. The van der Waals surface area contributed by atoms with E-state index in [0.29, 0.717) is 60.5 Å². The Kier molecular flexibility index (Phi) is 7.49. The largest absolute Gasteiger partial charge is 0.391 e. The van der Waals surface area contributed by atoms with Crippen molar-refractivity contribution in [2.75, 3.05) is 44.8 Å². The van der Waals surface area contributed by atoms with Gasteiger partial charge in [0.2, 0.25) is 18.1 Å². The maximum absolute atomic E-state index is 13.7. The molecule has 6 rings (SSSR count). The van der Waals surface area contributed by atoms with E-state index in [1.165, 1.54) is 12.1 Å². The number of nitrogens with one attached hydrogen (secondary N) is 2. The number of H-pyrrole nitrogens is 1. The van der Waals surface area contributed by atoms with Crippen LogP contribution in [0.1, 0.15) is 38.3 Å². The molecule has 212 valence electrons. The smallest absolute Gasteiger partial charge is 0.233 e. The molecule has 0 aliphatic carbocycles. The standard InChI is InChI=1S/C28H33FN6O5/c1-28(26(37)35-11-9-19(36)14-35)15-39-25(40-16-28)24-33-22(17-4-6-18(29)7-5-17)23(34-24)21-8-10-30-27(32-21)31-13-20-3-2-12-38-20/h4-8,10,19-20,25,36H,2-3,9,11-16H2,1H3,(H,33,34)(H,30,31,32). The molecule has 0 bridgehead atoms. The van der Waals surface area contributed by atoms with Gasteiger partial charge < -0.3 is 34.5 Å². The van der Waals surface area contributed by atoms with E-state index in [1.807, 2.05) is 0 Å². The van der Waals surface area contributed by atoms with Gasteiger partial charge in [0, 0.05) is 38.0 Å². The van der Waals surface area contributed by atoms with Crippen LogP contribution in [0, 0.1) is 11.2 Å². The van der Waals surface area contributed by atoms with Crippen molar-refractivity contribution in [3.05, 3.63) is 48.2 Å². The van der Waals surface area contributed by atoms with Crippen LogP contribution in [-0.4, -0.2) is 87.5 Å². The second-order valence-corrected chi connectivity index (χ2v) is 10.8. The molecule has 0 radical (unpaired) electrons. The molecule has 3 aliphatic heterocycles. The molecule has 2 aromatic heterocycles. The maximum Gasteiger partial charge on any atom is 0.233 e. The first-order chi connectivity index (χ1) is 19.4. The number of ether oxygens (including phenoxy) is 3. The van der Waals surface area contributed by atoms with Gasteiger partial charge in [-0.05, 0) is 56.5 Å². The fourth-order valence-electron chi connectivity index (χ4n) is 5.30. The molecule has 3 fully saturated rings. The van der Waals surface area contributed by atoms with E-state index in [9.17, 15) is 14.3 Å². The predicted octanol–water partition coefficient (Wildman–Crippen LogP) is 2.91. The lowest BCUT2D eigenvalue weighted by Gasteiger charge is -2.37. The Morgan fingerprint density at radius 2 is 1.98 bits per heavy atom. The average molecular weight is 553 g/mol. The molecule has 0 spiro atoms. The van der Waals surface area contributed by atoms with Crippen LogP contribution >= 0.6 is 0 Å². The molecule has 12 heteroatoms.